The first-order chi connectivity index (χ1) is 9.35. The van der Waals surface area contributed by atoms with Gasteiger partial charge in [0, 0.05) is 13.1 Å². The Morgan fingerprint density at radius 1 is 1.45 bits per heavy atom. The number of phenolic OH excluding ortho intramolecular Hbond substituents is 1. The first kappa shape index (κ1) is 14.5. The van der Waals surface area contributed by atoms with Gasteiger partial charge in [-0.1, -0.05) is 11.6 Å². The van der Waals surface area contributed by atoms with Crippen molar-refractivity contribution in [1.82, 2.24) is 9.55 Å². The monoisotopic (exact) mass is 317 g/mol. The third-order valence-electron chi connectivity index (χ3n) is 2.52. The number of nitrogens with zero attached hydrogens (tertiary/aromatic N) is 2. The van der Waals surface area contributed by atoms with Gasteiger partial charge in [0.2, 0.25) is 5.03 Å². The highest BCUT2D eigenvalue weighted by molar-refractivity contribution is 7.92. The summed E-state index contributed by atoms with van der Waals surface area (Å²) in [5.74, 6) is 0.0589. The molecule has 0 aliphatic carbocycles. The molecule has 0 bridgehead atoms. The second-order valence-electron chi connectivity index (χ2n) is 3.94. The third kappa shape index (κ3) is 2.66. The van der Waals surface area contributed by atoms with Crippen LogP contribution >= 0.6 is 11.6 Å². The second-order valence-corrected chi connectivity index (χ2v) is 5.90. The van der Waals surface area contributed by atoms with Crippen LogP contribution in [0.3, 0.4) is 0 Å². The van der Waals surface area contributed by atoms with Crippen molar-refractivity contribution in [3.63, 3.8) is 0 Å². The van der Waals surface area contributed by atoms with Gasteiger partial charge in [-0.2, -0.15) is 8.42 Å². The predicted octanol–water partition coefficient (Wildman–Crippen LogP) is 1.59. The van der Waals surface area contributed by atoms with E-state index in [2.05, 4.69) is 9.71 Å². The van der Waals surface area contributed by atoms with Gasteiger partial charge in [-0.25, -0.2) is 4.98 Å². The number of benzene rings is 1. The SMILES string of the molecule is COc1ccc(NS(=O)(=O)c2ncn(C)c2Cl)cc1O. The van der Waals surface area contributed by atoms with Crippen molar-refractivity contribution in [3.8, 4) is 11.5 Å². The summed E-state index contributed by atoms with van der Waals surface area (Å²) < 4.78 is 32.8. The number of ether oxygens (including phenoxy) is 1. The molecule has 0 saturated heterocycles. The van der Waals surface area contributed by atoms with Crippen molar-refractivity contribution in [3.05, 3.63) is 29.7 Å². The Bertz CT molecular complexity index is 742. The number of aromatic hydroxyl groups is 1. The zero-order chi connectivity index (χ0) is 14.9. The third-order valence-corrected chi connectivity index (χ3v) is 4.39. The molecule has 0 aliphatic rings. The average Bonchev–Trinajstić information content (AvgIpc) is 2.70. The summed E-state index contributed by atoms with van der Waals surface area (Å²) in [6.07, 6.45) is 1.29. The molecule has 1 heterocycles. The fourth-order valence-corrected chi connectivity index (χ4v) is 3.01. The maximum atomic E-state index is 12.1. The molecule has 9 heteroatoms. The van der Waals surface area contributed by atoms with E-state index in [9.17, 15) is 13.5 Å². The Morgan fingerprint density at radius 3 is 2.65 bits per heavy atom. The van der Waals surface area contributed by atoms with E-state index in [0.29, 0.717) is 0 Å². The summed E-state index contributed by atoms with van der Waals surface area (Å²) in [7, 11) is -0.953. The number of nitrogens with one attached hydrogen (secondary N) is 1. The van der Waals surface area contributed by atoms with E-state index in [0.717, 1.165) is 0 Å². The Morgan fingerprint density at radius 2 is 2.15 bits per heavy atom. The van der Waals surface area contributed by atoms with Crippen LogP contribution in [0.15, 0.2) is 29.6 Å². The minimum Gasteiger partial charge on any atom is -0.504 e. The van der Waals surface area contributed by atoms with Crippen molar-refractivity contribution in [1.29, 1.82) is 0 Å². The largest absolute Gasteiger partial charge is 0.504 e. The van der Waals surface area contributed by atoms with Crippen molar-refractivity contribution in [2.75, 3.05) is 11.8 Å². The number of rotatable bonds is 4. The van der Waals surface area contributed by atoms with Gasteiger partial charge in [0.1, 0.15) is 5.15 Å². The van der Waals surface area contributed by atoms with Crippen molar-refractivity contribution in [2.45, 2.75) is 5.03 Å². The summed E-state index contributed by atoms with van der Waals surface area (Å²) in [5, 5.41) is 9.33. The fourth-order valence-electron chi connectivity index (χ4n) is 1.53. The summed E-state index contributed by atoms with van der Waals surface area (Å²) in [5.41, 5.74) is 0.171. The van der Waals surface area contributed by atoms with Crippen molar-refractivity contribution in [2.24, 2.45) is 7.05 Å². The number of phenols is 1. The van der Waals surface area contributed by atoms with Gasteiger partial charge < -0.3 is 14.4 Å². The average molecular weight is 318 g/mol. The van der Waals surface area contributed by atoms with Crippen LogP contribution in [0.2, 0.25) is 5.15 Å². The topological polar surface area (TPSA) is 93.5 Å². The lowest BCUT2D eigenvalue weighted by atomic mass is 10.3. The van der Waals surface area contributed by atoms with E-state index >= 15 is 0 Å². The molecule has 20 heavy (non-hydrogen) atoms. The quantitative estimate of drug-likeness (QED) is 0.893. The molecular formula is C11H12ClN3O4S. The highest BCUT2D eigenvalue weighted by atomic mass is 35.5. The molecule has 0 atom stereocenters. The standard InChI is InChI=1S/C11H12ClN3O4S/c1-15-6-13-11(10(15)12)20(17,18)14-7-3-4-9(19-2)8(16)5-7/h3-6,14,16H,1-2H3. The van der Waals surface area contributed by atoms with Crippen LogP contribution in [-0.2, 0) is 17.1 Å². The van der Waals surface area contributed by atoms with Gasteiger partial charge in [0.05, 0.1) is 19.1 Å². The van der Waals surface area contributed by atoms with Crippen LogP contribution in [0, 0.1) is 0 Å². The normalized spacial score (nSPS) is 11.3. The highest BCUT2D eigenvalue weighted by Gasteiger charge is 2.22. The first-order valence-corrected chi connectivity index (χ1v) is 7.28. The zero-order valence-corrected chi connectivity index (χ0v) is 12.2. The summed E-state index contributed by atoms with van der Waals surface area (Å²) in [6.45, 7) is 0. The van der Waals surface area contributed by atoms with E-state index in [1.807, 2.05) is 0 Å². The van der Waals surface area contributed by atoms with Crippen LogP contribution < -0.4 is 9.46 Å². The maximum absolute atomic E-state index is 12.1. The molecule has 0 saturated carbocycles. The maximum Gasteiger partial charge on any atom is 0.282 e. The van der Waals surface area contributed by atoms with E-state index in [1.165, 1.54) is 36.2 Å². The van der Waals surface area contributed by atoms with Crippen molar-refractivity contribution >= 4 is 27.3 Å². The number of anilines is 1. The highest BCUT2D eigenvalue weighted by Crippen LogP contribution is 2.30. The van der Waals surface area contributed by atoms with Gasteiger partial charge >= 0.3 is 0 Å². The molecule has 0 aliphatic heterocycles. The van der Waals surface area contributed by atoms with E-state index in [-0.39, 0.29) is 27.4 Å². The number of hydrogen-bond donors (Lipinski definition) is 2. The number of aromatic nitrogens is 2. The molecule has 0 radical (unpaired) electrons. The Hall–Kier alpha value is -1.93. The van der Waals surface area contributed by atoms with Crippen LogP contribution in [0.4, 0.5) is 5.69 Å². The molecule has 0 fully saturated rings. The van der Waals surface area contributed by atoms with Gasteiger partial charge in [-0.05, 0) is 12.1 Å². The lowest BCUT2D eigenvalue weighted by molar-refractivity contribution is 0.373. The molecule has 1 aromatic carbocycles. The fraction of sp³-hybridized carbons (Fsp3) is 0.182. The number of sulfonamides is 1. The molecule has 1 aromatic heterocycles. The molecule has 2 rings (SSSR count). The Kier molecular flexibility index (Phi) is 3.78. The second kappa shape index (κ2) is 5.22. The van der Waals surface area contributed by atoms with E-state index < -0.39 is 10.0 Å². The molecule has 2 N–H and O–H groups in total. The Labute approximate surface area is 120 Å². The van der Waals surface area contributed by atoms with Crippen LogP contribution in [0.1, 0.15) is 0 Å². The summed E-state index contributed by atoms with van der Waals surface area (Å²) in [4.78, 5) is 3.73. The molecule has 108 valence electrons. The smallest absolute Gasteiger partial charge is 0.282 e. The van der Waals surface area contributed by atoms with E-state index in [4.69, 9.17) is 16.3 Å². The number of aryl methyl sites for hydroxylation is 1. The van der Waals surface area contributed by atoms with Crippen LogP contribution in [0.5, 0.6) is 11.5 Å². The zero-order valence-electron chi connectivity index (χ0n) is 10.7. The molecule has 7 nitrogen and oxygen atoms in total. The van der Waals surface area contributed by atoms with Gasteiger partial charge in [0.25, 0.3) is 10.0 Å². The van der Waals surface area contributed by atoms with Crippen LogP contribution in [0.25, 0.3) is 0 Å². The predicted molar refractivity (Wildman–Crippen MR) is 73.7 cm³/mol. The molecule has 0 unspecified atom stereocenters. The Balaban J connectivity index is 2.33. The van der Waals surface area contributed by atoms with Gasteiger partial charge in [-0.3, -0.25) is 4.72 Å². The molecular weight excluding hydrogens is 306 g/mol. The number of methoxy groups -OCH3 is 1. The summed E-state index contributed by atoms with van der Waals surface area (Å²) in [6, 6.07) is 4.12. The molecule has 0 spiro atoms. The number of hydrogen-bond acceptors (Lipinski definition) is 5. The van der Waals surface area contributed by atoms with Crippen LogP contribution in [-0.4, -0.2) is 30.2 Å². The van der Waals surface area contributed by atoms with Gasteiger partial charge in [0.15, 0.2) is 11.5 Å². The molecule has 2 aromatic rings. The summed E-state index contributed by atoms with van der Waals surface area (Å²) >= 11 is 5.85. The minimum atomic E-state index is -3.93. The van der Waals surface area contributed by atoms with E-state index in [1.54, 1.807) is 7.05 Å². The number of halogens is 1. The van der Waals surface area contributed by atoms with Crippen molar-refractivity contribution < 1.29 is 18.3 Å². The number of imidazole rings is 1. The minimum absolute atomic E-state index is 0.00441. The molecule has 0 amide bonds. The lowest BCUT2D eigenvalue weighted by Gasteiger charge is -2.08. The first-order valence-electron chi connectivity index (χ1n) is 5.42. The van der Waals surface area contributed by atoms with Gasteiger partial charge in [-0.15, -0.1) is 0 Å². The lowest BCUT2D eigenvalue weighted by Crippen LogP contribution is -2.14.